The molecule has 16 heavy (non-hydrogen) atoms. The zero-order valence-corrected chi connectivity index (χ0v) is 12.9. The molecule has 1 amide bonds. The van der Waals surface area contributed by atoms with E-state index < -0.39 is 5.91 Å². The first-order valence-corrected chi connectivity index (χ1v) is 3.89. The summed E-state index contributed by atoms with van der Waals surface area (Å²) in [7, 11) is 0. The third kappa shape index (κ3) is 3.23. The number of hydrogen-bond acceptors (Lipinski definition) is 2. The van der Waals surface area contributed by atoms with Gasteiger partial charge in [-0.1, -0.05) is 24.3 Å². The fourth-order valence-electron chi connectivity index (χ4n) is 1.29. The first kappa shape index (κ1) is 17.4. The molecule has 0 aliphatic rings. The van der Waals surface area contributed by atoms with Crippen molar-refractivity contribution in [1.82, 2.24) is 4.98 Å². The number of pyridine rings is 1. The standard InChI is InChI=1S/C10H8N2O.2CH3.Hf/c11-10(13)8-5-1-3-7-4-2-6-12-9(7)8;;;/h1-6H,(H2,11,13);2*1H3;/q;2*-1;/p-1. The Morgan fingerprint density at radius 2 is 1.75 bits per heavy atom. The summed E-state index contributed by atoms with van der Waals surface area (Å²) in [6.45, 7) is 0. The van der Waals surface area contributed by atoms with Crippen LogP contribution in [0, 0.1) is 14.9 Å². The number of fused-ring (bicyclic) bond motifs is 1. The number of hydrogen-bond donors (Lipinski definition) is 0. The van der Waals surface area contributed by atoms with Crippen molar-refractivity contribution in [2.75, 3.05) is 0 Å². The van der Waals surface area contributed by atoms with Gasteiger partial charge in [0, 0.05) is 43.0 Å². The van der Waals surface area contributed by atoms with Crippen LogP contribution in [-0.2, 0) is 25.8 Å². The van der Waals surface area contributed by atoms with Crippen molar-refractivity contribution in [2.24, 2.45) is 0 Å². The number of para-hydroxylation sites is 1. The van der Waals surface area contributed by atoms with Crippen LogP contribution in [-0.4, -0.2) is 10.9 Å². The summed E-state index contributed by atoms with van der Waals surface area (Å²) >= 11 is 0. The van der Waals surface area contributed by atoms with E-state index in [0.29, 0.717) is 11.1 Å². The maximum Gasteiger partial charge on any atom is 0.0818 e. The van der Waals surface area contributed by atoms with E-state index in [-0.39, 0.29) is 40.7 Å². The number of rotatable bonds is 1. The SMILES string of the molecule is [CH3-].[CH3-].[Hf].[NH-]C(=O)c1cccc2cccnc12. The Morgan fingerprint density at radius 3 is 2.38 bits per heavy atom. The maximum atomic E-state index is 10.9. The molecule has 1 aromatic carbocycles. The first-order valence-electron chi connectivity index (χ1n) is 3.89. The van der Waals surface area contributed by atoms with E-state index >= 15 is 0 Å². The zero-order valence-electron chi connectivity index (χ0n) is 9.32. The second-order valence-corrected chi connectivity index (χ2v) is 2.71. The van der Waals surface area contributed by atoms with Crippen LogP contribution in [0.15, 0.2) is 36.5 Å². The molecule has 0 unspecified atom stereocenters. The van der Waals surface area contributed by atoms with Crippen LogP contribution in [0.5, 0.6) is 0 Å². The van der Waals surface area contributed by atoms with Crippen LogP contribution < -0.4 is 0 Å². The third-order valence-electron chi connectivity index (χ3n) is 1.88. The molecule has 1 heterocycles. The Kier molecular flexibility index (Phi) is 7.90. The Bertz CT molecular complexity index is 466. The smallest absolute Gasteiger partial charge is 0.0818 e. The van der Waals surface area contributed by atoms with Crippen molar-refractivity contribution in [3.8, 4) is 0 Å². The van der Waals surface area contributed by atoms with Gasteiger partial charge in [0.2, 0.25) is 0 Å². The summed E-state index contributed by atoms with van der Waals surface area (Å²) in [6, 6.07) is 8.92. The van der Waals surface area contributed by atoms with Gasteiger partial charge < -0.3 is 25.4 Å². The second-order valence-electron chi connectivity index (χ2n) is 2.71. The number of amides is 1. The number of nitrogens with zero attached hydrogens (tertiary/aromatic N) is 1. The average Bonchev–Trinajstić information content (AvgIpc) is 2.17. The predicted molar refractivity (Wildman–Crippen MR) is 63.2 cm³/mol. The minimum atomic E-state index is -0.690. The minimum Gasteiger partial charge on any atom is -0.663 e. The third-order valence-corrected chi connectivity index (χ3v) is 1.88. The molecule has 0 radical (unpaired) electrons. The van der Waals surface area contributed by atoms with Crippen LogP contribution in [0.3, 0.4) is 0 Å². The molecule has 0 saturated carbocycles. The molecular formula is C12H13HfN2O-3. The quantitative estimate of drug-likeness (QED) is 0.564. The molecule has 0 aliphatic heterocycles. The summed E-state index contributed by atoms with van der Waals surface area (Å²) in [5, 5.41) is 0.889. The number of aromatic nitrogens is 1. The molecule has 4 heteroatoms. The average molecular weight is 380 g/mol. The van der Waals surface area contributed by atoms with Crippen LogP contribution in [0.1, 0.15) is 10.4 Å². The van der Waals surface area contributed by atoms with E-state index in [1.807, 2.05) is 12.1 Å². The number of carbonyl (C=O) groups excluding carboxylic acids is 1. The van der Waals surface area contributed by atoms with E-state index in [2.05, 4.69) is 4.98 Å². The monoisotopic (exact) mass is 381 g/mol. The van der Waals surface area contributed by atoms with Gasteiger partial charge >= 0.3 is 0 Å². The van der Waals surface area contributed by atoms with Gasteiger partial charge in [0.15, 0.2) is 0 Å². The van der Waals surface area contributed by atoms with Crippen LogP contribution in [0.25, 0.3) is 16.6 Å². The summed E-state index contributed by atoms with van der Waals surface area (Å²) < 4.78 is 0. The Balaban J connectivity index is 0. The van der Waals surface area contributed by atoms with E-state index in [1.54, 1.807) is 24.4 Å². The van der Waals surface area contributed by atoms with Crippen molar-refractivity contribution in [1.29, 1.82) is 0 Å². The molecular weight excluding hydrogens is 367 g/mol. The molecule has 2 rings (SSSR count). The molecule has 1 aromatic heterocycles. The van der Waals surface area contributed by atoms with Crippen molar-refractivity contribution in [3.63, 3.8) is 0 Å². The van der Waals surface area contributed by atoms with Crippen molar-refractivity contribution in [3.05, 3.63) is 62.7 Å². The van der Waals surface area contributed by atoms with Gasteiger partial charge in [-0.05, 0) is 6.07 Å². The van der Waals surface area contributed by atoms with Crippen LogP contribution in [0.2, 0.25) is 0 Å². The Labute approximate surface area is 115 Å². The molecule has 0 fully saturated rings. The van der Waals surface area contributed by atoms with Crippen molar-refractivity contribution >= 4 is 16.8 Å². The number of benzene rings is 1. The van der Waals surface area contributed by atoms with Crippen LogP contribution >= 0.6 is 0 Å². The largest absolute Gasteiger partial charge is 0.663 e. The van der Waals surface area contributed by atoms with Crippen LogP contribution in [0.4, 0.5) is 0 Å². The normalized spacial score (nSPS) is 8.25. The Hall–Kier alpha value is -1.03. The molecule has 0 aliphatic carbocycles. The van der Waals surface area contributed by atoms with E-state index in [4.69, 9.17) is 5.73 Å². The summed E-state index contributed by atoms with van der Waals surface area (Å²) in [5.41, 5.74) is 7.98. The van der Waals surface area contributed by atoms with Gasteiger partial charge in [0.25, 0.3) is 0 Å². The molecule has 84 valence electrons. The van der Waals surface area contributed by atoms with E-state index in [0.717, 1.165) is 5.39 Å². The van der Waals surface area contributed by atoms with Gasteiger partial charge in [-0.25, -0.2) is 0 Å². The Morgan fingerprint density at radius 1 is 1.12 bits per heavy atom. The summed E-state index contributed by atoms with van der Waals surface area (Å²) in [6.07, 6.45) is 1.62. The van der Waals surface area contributed by atoms with Gasteiger partial charge in [0.05, 0.1) is 11.4 Å². The summed E-state index contributed by atoms with van der Waals surface area (Å²) in [4.78, 5) is 14.9. The van der Waals surface area contributed by atoms with E-state index in [1.165, 1.54) is 0 Å². The molecule has 0 atom stereocenters. The molecule has 3 nitrogen and oxygen atoms in total. The second kappa shape index (κ2) is 7.28. The van der Waals surface area contributed by atoms with Gasteiger partial charge in [-0.2, -0.15) is 0 Å². The predicted octanol–water partition coefficient (Wildman–Crippen LogP) is 3.33. The van der Waals surface area contributed by atoms with Crippen molar-refractivity contribution < 1.29 is 30.6 Å². The fraction of sp³-hybridized carbons (Fsp3) is 0. The first-order chi connectivity index (χ1) is 6.29. The number of nitrogens with one attached hydrogen (secondary N) is 1. The maximum absolute atomic E-state index is 10.9. The van der Waals surface area contributed by atoms with Crippen molar-refractivity contribution in [2.45, 2.75) is 0 Å². The molecule has 0 bridgehead atoms. The fourth-order valence-corrected chi connectivity index (χ4v) is 1.29. The number of carbonyl (C=O) groups is 1. The van der Waals surface area contributed by atoms with Gasteiger partial charge in [-0.3, -0.25) is 4.98 Å². The topological polar surface area (TPSA) is 53.8 Å². The summed E-state index contributed by atoms with van der Waals surface area (Å²) in [5.74, 6) is -0.690. The zero-order chi connectivity index (χ0) is 9.26. The molecule has 2 aromatic rings. The molecule has 0 saturated heterocycles. The minimum absolute atomic E-state index is 0. The van der Waals surface area contributed by atoms with Gasteiger partial charge in [0.1, 0.15) is 0 Å². The molecule has 1 N–H and O–H groups in total. The van der Waals surface area contributed by atoms with E-state index in [9.17, 15) is 4.79 Å². The molecule has 0 spiro atoms. The van der Waals surface area contributed by atoms with Gasteiger partial charge in [-0.15, -0.1) is 0 Å².